The molecule has 2 N–H and O–H groups in total. The van der Waals surface area contributed by atoms with Crippen molar-refractivity contribution in [2.75, 3.05) is 183 Å². The van der Waals surface area contributed by atoms with Gasteiger partial charge in [0.1, 0.15) is 40.6 Å². The fourth-order valence-electron chi connectivity index (χ4n) is 17.3. The highest BCUT2D eigenvalue weighted by Crippen LogP contribution is 2.46. The number of likely N-dealkylation sites (tertiary alicyclic amines) is 6. The molecular weight excluding hydrogens is 1880 g/mol. The van der Waals surface area contributed by atoms with Crippen molar-refractivity contribution in [2.45, 2.75) is 327 Å². The molecule has 1 aliphatic carbocycles. The van der Waals surface area contributed by atoms with Gasteiger partial charge in [0.05, 0.1) is 36.9 Å². The highest BCUT2D eigenvalue weighted by molar-refractivity contribution is 5.87. The number of nitrogens with zero attached hydrogens (tertiary/aromatic N) is 14. The fourth-order valence-corrected chi connectivity index (χ4v) is 17.3. The maximum absolute atomic E-state index is 13.7. The number of carbonyl (C=O) groups is 12. The van der Waals surface area contributed by atoms with Gasteiger partial charge in [-0.25, -0.2) is 36.7 Å². The van der Waals surface area contributed by atoms with Crippen LogP contribution in [0.2, 0.25) is 0 Å². The minimum absolute atomic E-state index is 0.0432. The lowest BCUT2D eigenvalue weighted by molar-refractivity contribution is -0.167. The van der Waals surface area contributed by atoms with E-state index in [4.69, 9.17) is 18.9 Å². The Hall–Kier alpha value is -9.32. The summed E-state index contributed by atoms with van der Waals surface area (Å²) >= 11 is 0. The number of ether oxygens (including phenoxy) is 4. The summed E-state index contributed by atoms with van der Waals surface area (Å²) in [6.07, 6.45) is 0.833. The summed E-state index contributed by atoms with van der Waals surface area (Å²) < 4.78 is 73.9. The zero-order chi connectivity index (χ0) is 112. The Labute approximate surface area is 871 Å². The number of hydrogen-bond donors (Lipinski definition) is 2. The van der Waals surface area contributed by atoms with Crippen LogP contribution in [0.5, 0.6) is 0 Å². The van der Waals surface area contributed by atoms with Crippen molar-refractivity contribution < 1.29 is 99.2 Å². The van der Waals surface area contributed by atoms with Crippen molar-refractivity contribution in [1.29, 1.82) is 0 Å². The van der Waals surface area contributed by atoms with E-state index in [0.717, 1.165) is 70.3 Å². The van der Waals surface area contributed by atoms with Crippen molar-refractivity contribution in [3.8, 4) is 0 Å². The number of benzene rings is 2. The van der Waals surface area contributed by atoms with Crippen molar-refractivity contribution >= 4 is 77.3 Å². The Morgan fingerprint density at radius 3 is 1.21 bits per heavy atom. The van der Waals surface area contributed by atoms with Gasteiger partial charge in [0.25, 0.3) is 5.92 Å². The third kappa shape index (κ3) is 40.5. The minimum atomic E-state index is -2.53. The lowest BCUT2D eigenvalue weighted by Crippen LogP contribution is -2.71. The maximum Gasteiger partial charge on any atom is 0.410 e. The van der Waals surface area contributed by atoms with Gasteiger partial charge in [0, 0.05) is 225 Å². The largest absolute Gasteiger partial charge is 0.445 e. The summed E-state index contributed by atoms with van der Waals surface area (Å²) in [5, 5.41) is 12.9. The lowest BCUT2D eigenvalue weighted by atomic mass is 9.85. The quantitative estimate of drug-likeness (QED) is 0.165. The molecule has 0 aromatic heterocycles. The average Bonchev–Trinajstić information content (AvgIpc) is 1.59. The van der Waals surface area contributed by atoms with E-state index < -0.39 is 56.9 Å². The van der Waals surface area contributed by atoms with Crippen molar-refractivity contribution in [1.82, 2.24) is 69.0 Å². The van der Waals surface area contributed by atoms with Gasteiger partial charge in [-0.05, 0) is 119 Å². The molecule has 10 fully saturated rings. The molecule has 832 valence electrons. The molecule has 9 heterocycles. The predicted molar refractivity (Wildman–Crippen MR) is 562 cm³/mol. The predicted octanol–water partition coefficient (Wildman–Crippen LogP) is 16.0. The molecule has 1 unspecified atom stereocenters. The number of hydrogen-bond acceptors (Lipinski definition) is 20. The third-order valence-corrected chi connectivity index (χ3v) is 25.9. The maximum atomic E-state index is 13.7. The number of alkyl halides is 2. The first-order chi connectivity index (χ1) is 66.2. The molecule has 32 nitrogen and oxygen atoms in total. The number of rotatable bonds is 10. The van der Waals surface area contributed by atoms with Gasteiger partial charge in [-0.2, -0.15) is 0 Å². The molecule has 2 aromatic rings. The summed E-state index contributed by atoms with van der Waals surface area (Å²) in [6.45, 7) is 84.6. The summed E-state index contributed by atoms with van der Waals surface area (Å²) in [6, 6.07) is 13.4. The molecule has 36 heteroatoms. The van der Waals surface area contributed by atoms with Gasteiger partial charge in [-0.15, -0.1) is 0 Å². The van der Waals surface area contributed by atoms with Crippen LogP contribution in [0.15, 0.2) is 48.5 Å². The zero-order valence-corrected chi connectivity index (χ0v) is 96.3. The first-order valence-corrected chi connectivity index (χ1v) is 52.2. The molecule has 12 amide bonds. The van der Waals surface area contributed by atoms with E-state index in [1.54, 1.807) is 53.3 Å². The Bertz CT molecular complexity index is 4660. The third-order valence-electron chi connectivity index (χ3n) is 25.9. The average molecular weight is 2070 g/mol. The van der Waals surface area contributed by atoms with Gasteiger partial charge in [-0.3, -0.25) is 43.3 Å². The summed E-state index contributed by atoms with van der Waals surface area (Å²) in [4.78, 5) is 169. The van der Waals surface area contributed by atoms with Gasteiger partial charge in [-0.1, -0.05) is 203 Å². The molecule has 9 aliphatic heterocycles. The molecule has 146 heavy (non-hydrogen) atoms. The number of anilines is 1. The van der Waals surface area contributed by atoms with Crippen LogP contribution >= 0.6 is 0 Å². The second-order valence-corrected chi connectivity index (χ2v) is 52.7. The van der Waals surface area contributed by atoms with Gasteiger partial charge in [0.2, 0.25) is 47.3 Å². The fraction of sp³-hybridized carbons (Fsp3) is 0.782. The molecule has 0 spiro atoms. The molecular formula is C110H187F4N15O17. The SMILES string of the molecule is CC(C)(C)C(=O)N1CC(N2CCC(F)(F)C2)C1.CC(C)(C)C(=O)N1CC(O)(C2CC2)C1.CC(C)(C)C(=O)N1CCN(c2ccc(F)cc2F)CC1.CC1(NC(=O)OC(C)(C)C)CN(C(=O)C(C)(C)C)C1.CC1CN(C(=O)C(C)(C)C)CCN1C(=O)OCc1ccccc1.CCN1CCN(C(=O)C(C)(C)C)CC1.CN(C(=O)OC(C)(C)C)C1CN(C(=O)C(C)(C)C)C1.CN(CC1CN(C(=O)C(C)(C)C)C1)C(=O)OC(C)(C)C. The van der Waals surface area contributed by atoms with Crippen molar-refractivity contribution in [2.24, 2.45) is 55.2 Å². The Morgan fingerprint density at radius 1 is 0.438 bits per heavy atom. The summed E-state index contributed by atoms with van der Waals surface area (Å²) in [7, 11) is 3.46. The van der Waals surface area contributed by atoms with Gasteiger partial charge >= 0.3 is 24.4 Å². The second-order valence-electron chi connectivity index (χ2n) is 52.7. The van der Waals surface area contributed by atoms with Crippen molar-refractivity contribution in [3.05, 3.63) is 65.7 Å². The van der Waals surface area contributed by atoms with Crippen LogP contribution in [-0.4, -0.2) is 370 Å². The van der Waals surface area contributed by atoms with E-state index in [1.807, 2.05) is 297 Å². The molecule has 1 saturated carbocycles. The highest BCUT2D eigenvalue weighted by Gasteiger charge is 2.55. The van der Waals surface area contributed by atoms with E-state index in [9.17, 15) is 80.2 Å². The lowest BCUT2D eigenvalue weighted by Gasteiger charge is -2.49. The first kappa shape index (κ1) is 127. The second kappa shape index (κ2) is 50.1. The van der Waals surface area contributed by atoms with E-state index in [2.05, 4.69) is 17.1 Å². The Balaban J connectivity index is 0.000000295. The standard InChI is InChI=1S/C18H26N2O3.C15H20F2N2O.C15H28N2O3.2C14H26N2O3.C12H20F2N2O.C11H22N2O.C11H19NO2/c1-14-12-19(16(21)18(2,3)4)10-11-20(14)17(22)23-13-15-8-6-5-7-9-15;1-15(2,3)14(20)19-8-6-18(7-9-19)13-5-4-11(16)10-12(13)17;1-14(2,3)12(18)17-9-11(10-17)8-16(7)13(19)20-15(4,5)6;1-12(2,3)10(17)16-8-14(7,9-16)15-11(18)19-13(4,5)6;1-13(2,3)11(17)16-8-10(9-16)15(7)12(18)19-14(4,5)6;1-11(2,3)10(17)16-6-9(7-16)15-5-4-12(13,14)8-15;1-5-12-6-8-13(9-7-12)10(14)11(2,3)4;1-10(2,3)9(13)12-6-11(14,7-12)8-4-5-8/h5-9,14H,10-13H2,1-4H3;4-5,10H,6-9H2,1-3H3;11H,8-10H2,1-7H3;8-9H2,1-7H3,(H,15,18);10H,8-9H2,1-7H3;9H,4-8H2,1-3H3;5-9H2,1-4H3;8,14H,4-7H2,1-3H3. The van der Waals surface area contributed by atoms with Crippen molar-refractivity contribution in [3.63, 3.8) is 0 Å². The molecule has 2 aromatic carbocycles. The number of likely N-dealkylation sites (N-methyl/N-ethyl adjacent to an activating group) is 2. The van der Waals surface area contributed by atoms with Crippen LogP contribution in [0.1, 0.15) is 274 Å². The zero-order valence-electron chi connectivity index (χ0n) is 96.3. The van der Waals surface area contributed by atoms with Crippen LogP contribution in [0.4, 0.5) is 42.4 Å². The van der Waals surface area contributed by atoms with E-state index in [0.29, 0.717) is 129 Å². The summed E-state index contributed by atoms with van der Waals surface area (Å²) in [5.41, 5.74) is -3.82. The number of β-amino-alcohol motifs (C(OH)–C–C–N with tert-alkyl or cyclic N) is 1. The van der Waals surface area contributed by atoms with Gasteiger partial charge < -0.3 is 93.1 Å². The Kier molecular flexibility index (Phi) is 43.6. The number of carbonyl (C=O) groups excluding carboxylic acids is 12. The van der Waals surface area contributed by atoms with Crippen LogP contribution in [0.25, 0.3) is 0 Å². The van der Waals surface area contributed by atoms with Crippen LogP contribution in [0.3, 0.4) is 0 Å². The molecule has 1 atom stereocenters. The molecule has 0 radical (unpaired) electrons. The Morgan fingerprint density at radius 2 is 0.822 bits per heavy atom. The number of alkyl carbamates (subject to hydrolysis) is 1. The van der Waals surface area contributed by atoms with E-state index in [1.165, 1.54) is 12.1 Å². The van der Waals surface area contributed by atoms with Crippen LogP contribution < -0.4 is 10.2 Å². The smallest absolute Gasteiger partial charge is 0.410 e. The number of nitrogens with one attached hydrogen (secondary N) is 1. The van der Waals surface area contributed by atoms with Crippen LogP contribution in [-0.2, 0) is 63.9 Å². The van der Waals surface area contributed by atoms with E-state index in [-0.39, 0.29) is 141 Å². The molecule has 12 rings (SSSR count). The monoisotopic (exact) mass is 2070 g/mol. The molecule has 10 aliphatic rings. The minimum Gasteiger partial charge on any atom is -0.445 e. The number of piperazine rings is 3. The molecule has 9 saturated heterocycles. The summed E-state index contributed by atoms with van der Waals surface area (Å²) in [5.74, 6) is -1.66. The van der Waals surface area contributed by atoms with Crippen LogP contribution in [0, 0.1) is 66.8 Å². The number of halogens is 4. The number of aliphatic hydroxyl groups is 1. The molecule has 0 bridgehead atoms. The highest BCUT2D eigenvalue weighted by atomic mass is 19.3. The first-order valence-electron chi connectivity index (χ1n) is 52.2. The number of amides is 12. The normalized spacial score (nSPS) is 19.5. The topological polar surface area (TPSA) is 319 Å². The van der Waals surface area contributed by atoms with Gasteiger partial charge in [0.15, 0.2) is 0 Å². The van der Waals surface area contributed by atoms with E-state index >= 15 is 0 Å².